The predicted molar refractivity (Wildman–Crippen MR) is 103 cm³/mol. The Morgan fingerprint density at radius 2 is 1.36 bits per heavy atom. The Balaban J connectivity index is 1.85. The van der Waals surface area contributed by atoms with Crippen LogP contribution in [0.25, 0.3) is 44.0 Å². The summed E-state index contributed by atoms with van der Waals surface area (Å²) in [6, 6.07) is 20.7. The number of pyridine rings is 3. The maximum atomic E-state index is 4.96. The van der Waals surface area contributed by atoms with Gasteiger partial charge in [0.1, 0.15) is 0 Å². The first-order valence-corrected chi connectivity index (χ1v) is 8.30. The molecule has 112 valence electrons. The van der Waals surface area contributed by atoms with Crippen molar-refractivity contribution in [1.82, 2.24) is 15.0 Å². The van der Waals surface area contributed by atoms with Gasteiger partial charge in [-0.3, -0.25) is 0 Å². The van der Waals surface area contributed by atoms with Crippen molar-refractivity contribution in [2.75, 3.05) is 0 Å². The molecule has 5 aromatic rings. The van der Waals surface area contributed by atoms with Gasteiger partial charge in [-0.1, -0.05) is 0 Å². The number of rotatable bonds is 1. The van der Waals surface area contributed by atoms with Gasteiger partial charge in [0, 0.05) is 0 Å². The first-order valence-electron chi connectivity index (χ1n) is 8.30. The van der Waals surface area contributed by atoms with E-state index in [2.05, 4.69) is 76.2 Å². The summed E-state index contributed by atoms with van der Waals surface area (Å²) in [5.41, 5.74) is 4.95. The van der Waals surface area contributed by atoms with E-state index in [-0.39, 0.29) is 0 Å². The molecule has 3 aromatic heterocycles. The van der Waals surface area contributed by atoms with Crippen molar-refractivity contribution >= 4 is 54.7 Å². The zero-order chi connectivity index (χ0) is 16.8. The molecule has 0 amide bonds. The van der Waals surface area contributed by atoms with E-state index < -0.39 is 0 Å². The van der Waals surface area contributed by atoms with Crippen molar-refractivity contribution < 1.29 is 0 Å². The molecule has 0 bridgehead atoms. The number of hydrogen-bond donors (Lipinski definition) is 0. The second kappa shape index (κ2) is 5.67. The van der Waals surface area contributed by atoms with Crippen molar-refractivity contribution in [1.29, 1.82) is 0 Å². The van der Waals surface area contributed by atoms with Crippen LogP contribution >= 0.6 is 0 Å². The summed E-state index contributed by atoms with van der Waals surface area (Å²) in [5, 5.41) is 3.34. The average molecular weight is 313 g/mol. The number of nitrogens with zero attached hydrogens (tertiary/aromatic N) is 3. The van der Waals surface area contributed by atoms with Crippen molar-refractivity contribution in [3.8, 4) is 11.3 Å². The van der Waals surface area contributed by atoms with Crippen molar-refractivity contribution in [3.05, 3.63) is 73.1 Å². The Morgan fingerprint density at radius 1 is 0.640 bits per heavy atom. The first kappa shape index (κ1) is 14.6. The normalized spacial score (nSPS) is 11.4. The quantitative estimate of drug-likeness (QED) is 0.349. The molecular weight excluding hydrogens is 301 g/mol. The van der Waals surface area contributed by atoms with Crippen LogP contribution in [0.5, 0.6) is 0 Å². The van der Waals surface area contributed by atoms with Gasteiger partial charge in [0.05, 0.1) is 0 Å². The van der Waals surface area contributed by atoms with Gasteiger partial charge in [0.15, 0.2) is 0 Å². The van der Waals surface area contributed by atoms with Crippen LogP contribution in [0.1, 0.15) is 0 Å². The molecule has 0 N–H and O–H groups in total. The molecule has 0 spiro atoms. The number of fused-ring (bicyclic) bond motifs is 4. The van der Waals surface area contributed by atoms with Crippen molar-refractivity contribution in [2.24, 2.45) is 0 Å². The summed E-state index contributed by atoms with van der Waals surface area (Å²) in [6.45, 7) is 0. The van der Waals surface area contributed by atoms with Crippen molar-refractivity contribution in [2.45, 2.75) is 0 Å². The van der Waals surface area contributed by atoms with Gasteiger partial charge in [0.25, 0.3) is 0 Å². The third kappa shape index (κ3) is 2.33. The third-order valence-electron chi connectivity index (χ3n) is 4.68. The molecule has 0 atom stereocenters. The van der Waals surface area contributed by atoms with E-state index in [4.69, 9.17) is 4.98 Å². The summed E-state index contributed by atoms with van der Waals surface area (Å²) >= 11 is 2.09. The van der Waals surface area contributed by atoms with E-state index in [0.29, 0.717) is 0 Å². The fourth-order valence-corrected chi connectivity index (χ4v) is 3.41. The zero-order valence-electron chi connectivity index (χ0n) is 13.8. The molecule has 5 rings (SSSR count). The fourth-order valence-electron chi connectivity index (χ4n) is 3.41. The molecule has 0 saturated carbocycles. The second-order valence-corrected chi connectivity index (χ2v) is 6.24. The summed E-state index contributed by atoms with van der Waals surface area (Å²) in [7, 11) is 0. The minimum atomic E-state index is 0.938. The van der Waals surface area contributed by atoms with Crippen LogP contribution in [-0.2, 0) is 0 Å². The zero-order valence-corrected chi connectivity index (χ0v) is 13.8. The number of hydrogen-bond acceptors (Lipinski definition) is 3. The van der Waals surface area contributed by atoms with Gasteiger partial charge < -0.3 is 0 Å². The topological polar surface area (TPSA) is 38.7 Å². The first-order chi connectivity index (χ1) is 12.3. The van der Waals surface area contributed by atoms with E-state index in [1.54, 1.807) is 0 Å². The summed E-state index contributed by atoms with van der Waals surface area (Å²) in [4.78, 5) is 14.0. The number of benzene rings is 2. The summed E-state index contributed by atoms with van der Waals surface area (Å²) in [5.74, 6) is 0. The summed E-state index contributed by atoms with van der Waals surface area (Å²) < 4.78 is 1.17. The molecule has 0 aliphatic carbocycles. The SMILES string of the molecule is [Li][c]1ccc(-c2ccc3ccc4cccnc4c3n2)c2cccnc12. The second-order valence-electron chi connectivity index (χ2n) is 6.24. The molecular formula is C21H12LiN3. The van der Waals surface area contributed by atoms with E-state index in [1.807, 2.05) is 24.5 Å². The maximum absolute atomic E-state index is 4.96. The van der Waals surface area contributed by atoms with Crippen LogP contribution < -0.4 is 4.24 Å². The number of aromatic nitrogens is 3. The van der Waals surface area contributed by atoms with E-state index in [9.17, 15) is 0 Å². The van der Waals surface area contributed by atoms with E-state index in [1.165, 1.54) is 4.24 Å². The Labute approximate surface area is 154 Å². The monoisotopic (exact) mass is 313 g/mol. The van der Waals surface area contributed by atoms with Crippen LogP contribution in [0.15, 0.2) is 73.1 Å². The Morgan fingerprint density at radius 3 is 2.24 bits per heavy atom. The molecule has 3 nitrogen and oxygen atoms in total. The van der Waals surface area contributed by atoms with E-state index in [0.717, 1.165) is 44.0 Å². The van der Waals surface area contributed by atoms with Crippen LogP contribution in [-0.4, -0.2) is 32.7 Å². The Kier molecular flexibility index (Phi) is 3.31. The van der Waals surface area contributed by atoms with Gasteiger partial charge >= 0.3 is 154 Å². The standard InChI is InChI=1S/C21H12N3.Li/c1-5-17(16-6-3-12-22-18(16)7-1)19-11-10-15-9-8-14-4-2-13-23-20(14)21(15)24-19;/h1-6,8-13H;. The van der Waals surface area contributed by atoms with Gasteiger partial charge in [-0.2, -0.15) is 0 Å². The molecule has 4 heteroatoms. The van der Waals surface area contributed by atoms with Gasteiger partial charge in [-0.05, 0) is 0 Å². The fraction of sp³-hybridized carbons (Fsp3) is 0. The molecule has 2 aromatic carbocycles. The van der Waals surface area contributed by atoms with Crippen molar-refractivity contribution in [3.63, 3.8) is 0 Å². The van der Waals surface area contributed by atoms with Crippen LogP contribution in [0.3, 0.4) is 0 Å². The molecule has 25 heavy (non-hydrogen) atoms. The molecule has 0 saturated heterocycles. The predicted octanol–water partition coefficient (Wildman–Crippen LogP) is 3.79. The van der Waals surface area contributed by atoms with Crippen LogP contribution in [0.4, 0.5) is 0 Å². The summed E-state index contributed by atoms with van der Waals surface area (Å²) in [6.07, 6.45) is 3.66. The van der Waals surface area contributed by atoms with Gasteiger partial charge in [-0.25, -0.2) is 0 Å². The third-order valence-corrected chi connectivity index (χ3v) is 4.68. The van der Waals surface area contributed by atoms with Gasteiger partial charge in [0.2, 0.25) is 0 Å². The van der Waals surface area contributed by atoms with Gasteiger partial charge in [-0.15, -0.1) is 0 Å². The van der Waals surface area contributed by atoms with Crippen LogP contribution in [0.2, 0.25) is 0 Å². The minimum absolute atomic E-state index is 0.938. The Bertz CT molecular complexity index is 1260. The van der Waals surface area contributed by atoms with E-state index >= 15 is 0 Å². The average Bonchev–Trinajstić information content (AvgIpc) is 2.68. The molecule has 0 fully saturated rings. The molecule has 0 radical (unpaired) electrons. The Hall–Kier alpha value is -2.73. The molecule has 0 aliphatic heterocycles. The molecule has 0 aliphatic rings. The molecule has 0 unspecified atom stereocenters. The van der Waals surface area contributed by atoms with Crippen LogP contribution in [0, 0.1) is 0 Å². The molecule has 3 heterocycles.